The van der Waals surface area contributed by atoms with Gasteiger partial charge in [-0.25, -0.2) is 0 Å². The third kappa shape index (κ3) is 9.34. The molecule has 0 aliphatic rings. The summed E-state index contributed by atoms with van der Waals surface area (Å²) in [5.41, 5.74) is 4.97. The van der Waals surface area contributed by atoms with Crippen molar-refractivity contribution in [2.45, 2.75) is 58.0 Å². The lowest BCUT2D eigenvalue weighted by Gasteiger charge is -2.08. The Hall–Kier alpha value is -0.570. The van der Waals surface area contributed by atoms with Crippen molar-refractivity contribution in [1.29, 1.82) is 0 Å². The second-order valence-corrected chi connectivity index (χ2v) is 3.51. The average molecular weight is 187 g/mol. The molecule has 0 saturated carbocycles. The highest BCUT2D eigenvalue weighted by Crippen LogP contribution is 2.08. The lowest BCUT2D eigenvalue weighted by atomic mass is 10.1. The van der Waals surface area contributed by atoms with Gasteiger partial charge in [-0.2, -0.15) is 0 Å². The van der Waals surface area contributed by atoms with Crippen LogP contribution in [0.4, 0.5) is 0 Å². The molecular weight excluding hydrogens is 166 g/mol. The first-order chi connectivity index (χ1) is 6.16. The molecule has 0 bridgehead atoms. The lowest BCUT2D eigenvalue weighted by molar-refractivity contribution is -0.118. The van der Waals surface area contributed by atoms with Crippen molar-refractivity contribution in [1.82, 2.24) is 0 Å². The number of carbonyl (C=O) groups is 1. The average Bonchev–Trinajstić information content (AvgIpc) is 2.09. The first kappa shape index (κ1) is 12.4. The maximum Gasteiger partial charge on any atom is 0.217 e. The first-order valence-corrected chi connectivity index (χ1v) is 5.13. The molecule has 0 aromatic rings. The van der Waals surface area contributed by atoms with Crippen LogP contribution < -0.4 is 5.73 Å². The molecular formula is C10H21NO2. The predicted octanol–water partition coefficient (Wildman–Crippen LogP) is 1.58. The summed E-state index contributed by atoms with van der Waals surface area (Å²) in [4.78, 5) is 10.4. The van der Waals surface area contributed by atoms with Crippen LogP contribution in [0.25, 0.3) is 0 Å². The molecule has 3 heteroatoms. The normalized spacial score (nSPS) is 12.8. The van der Waals surface area contributed by atoms with Gasteiger partial charge in [0, 0.05) is 6.42 Å². The SMILES string of the molecule is CCCCCC[C@H](O)CCC(N)=O. The first-order valence-electron chi connectivity index (χ1n) is 5.13. The van der Waals surface area contributed by atoms with E-state index in [4.69, 9.17) is 5.73 Å². The van der Waals surface area contributed by atoms with Crippen LogP contribution >= 0.6 is 0 Å². The molecule has 78 valence electrons. The highest BCUT2D eigenvalue weighted by Gasteiger charge is 2.05. The summed E-state index contributed by atoms with van der Waals surface area (Å²) >= 11 is 0. The van der Waals surface area contributed by atoms with Crippen LogP contribution in [0.1, 0.15) is 51.9 Å². The zero-order valence-electron chi connectivity index (χ0n) is 8.46. The Bertz CT molecular complexity index is 137. The number of unbranched alkanes of at least 4 members (excludes halogenated alkanes) is 3. The topological polar surface area (TPSA) is 63.3 Å². The molecule has 1 amide bonds. The number of amides is 1. The Morgan fingerprint density at radius 3 is 2.54 bits per heavy atom. The van der Waals surface area contributed by atoms with Gasteiger partial charge in [0.15, 0.2) is 0 Å². The van der Waals surface area contributed by atoms with Crippen LogP contribution in [0.2, 0.25) is 0 Å². The molecule has 0 saturated heterocycles. The molecule has 0 unspecified atom stereocenters. The van der Waals surface area contributed by atoms with E-state index in [2.05, 4.69) is 6.92 Å². The maximum absolute atomic E-state index is 10.4. The van der Waals surface area contributed by atoms with Crippen LogP contribution in [0.3, 0.4) is 0 Å². The van der Waals surface area contributed by atoms with E-state index in [1.165, 1.54) is 19.3 Å². The maximum atomic E-state index is 10.4. The molecule has 0 aliphatic heterocycles. The molecule has 0 aromatic carbocycles. The minimum atomic E-state index is -0.343. The molecule has 0 aromatic heterocycles. The predicted molar refractivity (Wildman–Crippen MR) is 53.2 cm³/mol. The Balaban J connectivity index is 3.19. The van der Waals surface area contributed by atoms with Crippen molar-refractivity contribution in [2.75, 3.05) is 0 Å². The van der Waals surface area contributed by atoms with Gasteiger partial charge < -0.3 is 10.8 Å². The van der Waals surface area contributed by atoms with Gasteiger partial charge in [-0.15, -0.1) is 0 Å². The fraction of sp³-hybridized carbons (Fsp3) is 0.900. The summed E-state index contributed by atoms with van der Waals surface area (Å²) in [6.45, 7) is 2.16. The number of aliphatic hydroxyl groups excluding tert-OH is 1. The van der Waals surface area contributed by atoms with Gasteiger partial charge in [0.05, 0.1) is 6.10 Å². The molecule has 3 N–H and O–H groups in total. The van der Waals surface area contributed by atoms with Gasteiger partial charge in [-0.05, 0) is 12.8 Å². The number of nitrogens with two attached hydrogens (primary N) is 1. The number of rotatable bonds is 8. The fourth-order valence-electron chi connectivity index (χ4n) is 1.26. The van der Waals surface area contributed by atoms with Gasteiger partial charge in [-0.3, -0.25) is 4.79 Å². The van der Waals surface area contributed by atoms with Crippen molar-refractivity contribution in [3.05, 3.63) is 0 Å². The van der Waals surface area contributed by atoms with E-state index in [0.717, 1.165) is 12.8 Å². The van der Waals surface area contributed by atoms with Gasteiger partial charge >= 0.3 is 0 Å². The van der Waals surface area contributed by atoms with Gasteiger partial charge in [-0.1, -0.05) is 32.6 Å². The number of hydrogen-bond donors (Lipinski definition) is 2. The third-order valence-corrected chi connectivity index (χ3v) is 2.11. The molecule has 0 spiro atoms. The largest absolute Gasteiger partial charge is 0.393 e. The molecule has 0 rings (SSSR count). The van der Waals surface area contributed by atoms with Crippen molar-refractivity contribution in [3.63, 3.8) is 0 Å². The van der Waals surface area contributed by atoms with Gasteiger partial charge in [0.25, 0.3) is 0 Å². The monoisotopic (exact) mass is 187 g/mol. The van der Waals surface area contributed by atoms with Crippen LogP contribution in [-0.4, -0.2) is 17.1 Å². The second-order valence-electron chi connectivity index (χ2n) is 3.51. The third-order valence-electron chi connectivity index (χ3n) is 2.11. The van der Waals surface area contributed by atoms with Crippen molar-refractivity contribution >= 4 is 5.91 Å². The van der Waals surface area contributed by atoms with E-state index in [0.29, 0.717) is 12.8 Å². The van der Waals surface area contributed by atoms with Gasteiger partial charge in [0.2, 0.25) is 5.91 Å². The molecule has 1 atom stereocenters. The van der Waals surface area contributed by atoms with Crippen LogP contribution in [0.15, 0.2) is 0 Å². The second kappa shape index (κ2) is 8.05. The number of primary amides is 1. The van der Waals surface area contributed by atoms with Gasteiger partial charge in [0.1, 0.15) is 0 Å². The summed E-state index contributed by atoms with van der Waals surface area (Å²) in [6.07, 6.45) is 5.92. The smallest absolute Gasteiger partial charge is 0.217 e. The Morgan fingerprint density at radius 2 is 2.00 bits per heavy atom. The molecule has 0 radical (unpaired) electrons. The summed E-state index contributed by atoms with van der Waals surface area (Å²) in [6, 6.07) is 0. The summed E-state index contributed by atoms with van der Waals surface area (Å²) in [7, 11) is 0. The Morgan fingerprint density at radius 1 is 1.31 bits per heavy atom. The number of aliphatic hydroxyl groups is 1. The number of hydrogen-bond acceptors (Lipinski definition) is 2. The molecule has 0 fully saturated rings. The van der Waals surface area contributed by atoms with E-state index < -0.39 is 0 Å². The van der Waals surface area contributed by atoms with E-state index in [9.17, 15) is 9.90 Å². The Kier molecular flexibility index (Phi) is 7.69. The summed E-state index contributed by atoms with van der Waals surface area (Å²) in [5, 5.41) is 9.39. The standard InChI is InChI=1S/C10H21NO2/c1-2-3-4-5-6-9(12)7-8-10(11)13/h9,12H,2-8H2,1H3,(H2,11,13)/t9-/m0/s1. The highest BCUT2D eigenvalue weighted by atomic mass is 16.3. The van der Waals surface area contributed by atoms with Crippen molar-refractivity contribution in [2.24, 2.45) is 5.73 Å². The van der Waals surface area contributed by atoms with Crippen molar-refractivity contribution in [3.8, 4) is 0 Å². The van der Waals surface area contributed by atoms with Crippen LogP contribution in [-0.2, 0) is 4.79 Å². The highest BCUT2D eigenvalue weighted by molar-refractivity contribution is 5.73. The van der Waals surface area contributed by atoms with E-state index in [1.807, 2.05) is 0 Å². The zero-order chi connectivity index (χ0) is 10.1. The quantitative estimate of drug-likeness (QED) is 0.567. The molecule has 3 nitrogen and oxygen atoms in total. The zero-order valence-corrected chi connectivity index (χ0v) is 8.46. The lowest BCUT2D eigenvalue weighted by Crippen LogP contribution is -2.15. The number of carbonyl (C=O) groups excluding carboxylic acids is 1. The molecule has 13 heavy (non-hydrogen) atoms. The van der Waals surface area contributed by atoms with Crippen molar-refractivity contribution < 1.29 is 9.90 Å². The fourth-order valence-corrected chi connectivity index (χ4v) is 1.26. The Labute approximate surface area is 80.3 Å². The molecule has 0 heterocycles. The van der Waals surface area contributed by atoms with E-state index in [-0.39, 0.29) is 12.0 Å². The summed E-state index contributed by atoms with van der Waals surface area (Å²) < 4.78 is 0. The van der Waals surface area contributed by atoms with Crippen LogP contribution in [0, 0.1) is 0 Å². The van der Waals surface area contributed by atoms with E-state index >= 15 is 0 Å². The summed E-state index contributed by atoms with van der Waals surface area (Å²) in [5.74, 6) is -0.326. The van der Waals surface area contributed by atoms with E-state index in [1.54, 1.807) is 0 Å². The molecule has 0 aliphatic carbocycles. The van der Waals surface area contributed by atoms with Crippen LogP contribution in [0.5, 0.6) is 0 Å². The minimum absolute atomic E-state index is 0.301. The minimum Gasteiger partial charge on any atom is -0.393 e.